The molecule has 0 radical (unpaired) electrons. The lowest BCUT2D eigenvalue weighted by molar-refractivity contribution is -0.126. The summed E-state index contributed by atoms with van der Waals surface area (Å²) in [6.07, 6.45) is -0.975. The quantitative estimate of drug-likeness (QED) is 0.670. The van der Waals surface area contributed by atoms with Gasteiger partial charge in [0.25, 0.3) is 5.91 Å². The molecule has 2 atom stereocenters. The van der Waals surface area contributed by atoms with Crippen LogP contribution in [0.3, 0.4) is 0 Å². The number of anilines is 1. The van der Waals surface area contributed by atoms with Crippen LogP contribution >= 0.6 is 27.5 Å². The molecular weight excluding hydrogens is 436 g/mol. The van der Waals surface area contributed by atoms with Crippen molar-refractivity contribution in [2.24, 2.45) is 11.1 Å². The first kappa shape index (κ1) is 18.0. The molecule has 0 aromatic heterocycles. The number of methoxy groups -OCH3 is 1. The van der Waals surface area contributed by atoms with Crippen LogP contribution in [0.15, 0.2) is 46.0 Å². The summed E-state index contributed by atoms with van der Waals surface area (Å²) in [6, 6.07) is 10.6. The second-order valence-electron chi connectivity index (χ2n) is 6.27. The number of halogens is 2. The number of oxime groups is 1. The van der Waals surface area contributed by atoms with E-state index in [0.29, 0.717) is 22.2 Å². The highest BCUT2D eigenvalue weighted by molar-refractivity contribution is 9.10. The van der Waals surface area contributed by atoms with E-state index in [2.05, 4.69) is 21.1 Å². The predicted octanol–water partition coefficient (Wildman–Crippen LogP) is 3.71. The number of amides is 2. The van der Waals surface area contributed by atoms with Gasteiger partial charge in [0.15, 0.2) is 0 Å². The Morgan fingerprint density at radius 2 is 1.89 bits per heavy atom. The number of carbonyl (C=O) groups is 2. The lowest BCUT2D eigenvalue weighted by Crippen LogP contribution is -2.33. The molecule has 138 valence electrons. The van der Waals surface area contributed by atoms with E-state index in [0.717, 1.165) is 20.5 Å². The molecule has 0 N–H and O–H groups in total. The highest BCUT2D eigenvalue weighted by Crippen LogP contribution is 2.40. The Labute approximate surface area is 168 Å². The summed E-state index contributed by atoms with van der Waals surface area (Å²) in [5.74, 6) is -1.32. The van der Waals surface area contributed by atoms with Gasteiger partial charge < -0.3 is 9.57 Å². The Morgan fingerprint density at radius 1 is 1.19 bits per heavy atom. The highest BCUT2D eigenvalue weighted by atomic mass is 79.9. The van der Waals surface area contributed by atoms with Gasteiger partial charge in [0.05, 0.1) is 12.8 Å². The molecule has 2 aliphatic rings. The van der Waals surface area contributed by atoms with Crippen LogP contribution in [0.2, 0.25) is 5.02 Å². The molecule has 2 amide bonds. The Bertz CT molecular complexity index is 990. The maximum atomic E-state index is 13.2. The van der Waals surface area contributed by atoms with Crippen LogP contribution in [-0.2, 0) is 14.4 Å². The maximum Gasteiger partial charge on any atom is 0.279 e. The van der Waals surface area contributed by atoms with Crippen molar-refractivity contribution in [3.63, 3.8) is 0 Å². The summed E-state index contributed by atoms with van der Waals surface area (Å²) in [7, 11) is 1.46. The van der Waals surface area contributed by atoms with Crippen molar-refractivity contribution >= 4 is 50.7 Å². The predicted molar refractivity (Wildman–Crippen MR) is 104 cm³/mol. The van der Waals surface area contributed by atoms with E-state index >= 15 is 0 Å². The third-order valence-electron chi connectivity index (χ3n) is 4.65. The number of hydrogen-bond donors (Lipinski definition) is 0. The summed E-state index contributed by atoms with van der Waals surface area (Å²) >= 11 is 9.52. The monoisotopic (exact) mass is 448 g/mol. The number of aryl methyl sites for hydroxylation is 1. The average Bonchev–Trinajstić information content (AvgIpc) is 3.19. The zero-order valence-corrected chi connectivity index (χ0v) is 16.7. The van der Waals surface area contributed by atoms with Crippen molar-refractivity contribution in [1.82, 2.24) is 0 Å². The zero-order chi connectivity index (χ0) is 19.3. The van der Waals surface area contributed by atoms with Crippen LogP contribution in [-0.4, -0.2) is 30.7 Å². The van der Waals surface area contributed by atoms with Crippen molar-refractivity contribution in [1.29, 1.82) is 0 Å². The largest absolute Gasteiger partial charge is 0.495 e. The number of carbonyl (C=O) groups excluding carboxylic acids is 2. The van der Waals surface area contributed by atoms with Crippen LogP contribution in [0, 0.1) is 12.8 Å². The SMILES string of the molecule is COc1cc(Cl)c(C)cc1N1C(=O)[C@H]2C(c3ccc(Br)cc3)=NO[C@H]2C1=O. The number of hydrogen-bond acceptors (Lipinski definition) is 5. The third kappa shape index (κ3) is 2.82. The van der Waals surface area contributed by atoms with E-state index < -0.39 is 23.8 Å². The molecule has 2 aromatic rings. The molecule has 6 nitrogen and oxygen atoms in total. The molecular formula is C19H14BrClN2O4. The molecule has 2 aliphatic heterocycles. The van der Waals surface area contributed by atoms with Gasteiger partial charge in [-0.15, -0.1) is 0 Å². The molecule has 0 aliphatic carbocycles. The van der Waals surface area contributed by atoms with E-state index in [4.69, 9.17) is 21.2 Å². The summed E-state index contributed by atoms with van der Waals surface area (Å²) in [5, 5.41) is 4.49. The van der Waals surface area contributed by atoms with Crippen molar-refractivity contribution in [3.8, 4) is 5.75 Å². The molecule has 1 fully saturated rings. The van der Waals surface area contributed by atoms with Crippen LogP contribution < -0.4 is 9.64 Å². The lowest BCUT2D eigenvalue weighted by Gasteiger charge is -2.19. The molecule has 0 unspecified atom stereocenters. The topological polar surface area (TPSA) is 68.2 Å². The van der Waals surface area contributed by atoms with Gasteiger partial charge in [0.2, 0.25) is 12.0 Å². The van der Waals surface area contributed by atoms with Gasteiger partial charge in [-0.3, -0.25) is 9.59 Å². The minimum atomic E-state index is -0.975. The Hall–Kier alpha value is -2.38. The number of benzene rings is 2. The van der Waals surface area contributed by atoms with E-state index in [-0.39, 0.29) is 0 Å². The molecule has 0 bridgehead atoms. The van der Waals surface area contributed by atoms with Crippen LogP contribution in [0.25, 0.3) is 0 Å². The minimum absolute atomic E-state index is 0.342. The fourth-order valence-electron chi connectivity index (χ4n) is 3.26. The molecule has 1 saturated heterocycles. The maximum absolute atomic E-state index is 13.2. The molecule has 0 spiro atoms. The third-order valence-corrected chi connectivity index (χ3v) is 5.59. The molecule has 4 rings (SSSR count). The molecule has 8 heteroatoms. The first-order valence-electron chi connectivity index (χ1n) is 8.14. The smallest absolute Gasteiger partial charge is 0.279 e. The lowest BCUT2D eigenvalue weighted by atomic mass is 9.94. The number of rotatable bonds is 3. The van der Waals surface area contributed by atoms with E-state index in [1.165, 1.54) is 7.11 Å². The summed E-state index contributed by atoms with van der Waals surface area (Å²) in [5.41, 5.74) is 2.25. The second kappa shape index (κ2) is 6.65. The van der Waals surface area contributed by atoms with Crippen molar-refractivity contribution < 1.29 is 19.2 Å². The number of imide groups is 1. The highest BCUT2D eigenvalue weighted by Gasteiger charge is 2.56. The summed E-state index contributed by atoms with van der Waals surface area (Å²) in [4.78, 5) is 32.5. The van der Waals surface area contributed by atoms with E-state index in [9.17, 15) is 9.59 Å². The molecule has 0 saturated carbocycles. The fourth-order valence-corrected chi connectivity index (χ4v) is 3.68. The number of nitrogens with zero attached hydrogens (tertiary/aromatic N) is 2. The number of ether oxygens (including phenoxy) is 1. The van der Waals surface area contributed by atoms with Crippen LogP contribution in [0.1, 0.15) is 11.1 Å². The van der Waals surface area contributed by atoms with Gasteiger partial charge >= 0.3 is 0 Å². The molecule has 2 heterocycles. The van der Waals surface area contributed by atoms with Gasteiger partial charge in [-0.1, -0.05) is 44.8 Å². The van der Waals surface area contributed by atoms with Gasteiger partial charge in [-0.05, 0) is 30.7 Å². The zero-order valence-electron chi connectivity index (χ0n) is 14.4. The van der Waals surface area contributed by atoms with Crippen molar-refractivity contribution in [3.05, 3.63) is 57.0 Å². The minimum Gasteiger partial charge on any atom is -0.495 e. The molecule has 2 aromatic carbocycles. The van der Waals surface area contributed by atoms with Gasteiger partial charge in [0, 0.05) is 21.1 Å². The van der Waals surface area contributed by atoms with E-state index in [1.54, 1.807) is 19.1 Å². The normalized spacial score (nSPS) is 21.2. The summed E-state index contributed by atoms with van der Waals surface area (Å²) < 4.78 is 6.23. The molecule has 27 heavy (non-hydrogen) atoms. The standard InChI is InChI=1S/C19H14BrClN2O4/c1-9-7-13(14(26-2)8-12(9)21)23-18(24)15-16(22-27-17(15)19(23)25)10-3-5-11(20)6-4-10/h3-8,15,17H,1-2H3/t15-,17+/m0/s1. The Balaban J connectivity index is 1.75. The summed E-state index contributed by atoms with van der Waals surface area (Å²) in [6.45, 7) is 1.79. The fraction of sp³-hybridized carbons (Fsp3) is 0.211. The van der Waals surface area contributed by atoms with Gasteiger partial charge in [-0.2, -0.15) is 0 Å². The van der Waals surface area contributed by atoms with Crippen LogP contribution in [0.4, 0.5) is 5.69 Å². The van der Waals surface area contributed by atoms with Gasteiger partial charge in [-0.25, -0.2) is 4.90 Å². The van der Waals surface area contributed by atoms with Crippen LogP contribution in [0.5, 0.6) is 5.75 Å². The van der Waals surface area contributed by atoms with E-state index in [1.807, 2.05) is 24.3 Å². The second-order valence-corrected chi connectivity index (χ2v) is 7.60. The number of fused-ring (bicyclic) bond motifs is 1. The average molecular weight is 450 g/mol. The van der Waals surface area contributed by atoms with Crippen molar-refractivity contribution in [2.75, 3.05) is 12.0 Å². The van der Waals surface area contributed by atoms with Crippen molar-refractivity contribution in [2.45, 2.75) is 13.0 Å². The Morgan fingerprint density at radius 3 is 2.56 bits per heavy atom. The van der Waals surface area contributed by atoms with Gasteiger partial charge in [0.1, 0.15) is 17.4 Å². The first-order valence-corrected chi connectivity index (χ1v) is 9.31. The first-order chi connectivity index (χ1) is 12.9. The Kier molecular flexibility index (Phi) is 4.44.